The summed E-state index contributed by atoms with van der Waals surface area (Å²) in [7, 11) is 2.12. The first-order valence-corrected chi connectivity index (χ1v) is 17.6. The number of ether oxygens (including phenoxy) is 3. The molecule has 0 unspecified atom stereocenters. The molecule has 1 fully saturated rings. The van der Waals surface area contributed by atoms with E-state index in [0.29, 0.717) is 44.2 Å². The van der Waals surface area contributed by atoms with Crippen molar-refractivity contribution in [2.24, 2.45) is 0 Å². The highest BCUT2D eigenvalue weighted by molar-refractivity contribution is 5.95. The first kappa shape index (κ1) is 37.4. The number of nitrogens with one attached hydrogen (secondary N) is 3. The molecule has 4 N–H and O–H groups in total. The van der Waals surface area contributed by atoms with Crippen molar-refractivity contribution < 1.29 is 28.9 Å². The summed E-state index contributed by atoms with van der Waals surface area (Å²) in [4.78, 5) is 35.2. The molecular formula is C38H49N7O6. The monoisotopic (exact) mass is 699 g/mol. The van der Waals surface area contributed by atoms with Crippen LogP contribution >= 0.6 is 0 Å². The number of H-pyrrole nitrogens is 1. The van der Waals surface area contributed by atoms with Crippen LogP contribution in [0.25, 0.3) is 11.4 Å². The number of carboxylic acid groups (broad SMARTS) is 1. The fraction of sp³-hybridized carbons (Fsp3) is 0.447. The third-order valence-electron chi connectivity index (χ3n) is 8.94. The zero-order valence-electron chi connectivity index (χ0n) is 29.5. The highest BCUT2D eigenvalue weighted by Crippen LogP contribution is 2.35. The summed E-state index contributed by atoms with van der Waals surface area (Å²) >= 11 is 0. The Balaban J connectivity index is 1.10. The molecule has 0 radical (unpaired) electrons. The van der Waals surface area contributed by atoms with E-state index in [0.717, 1.165) is 73.6 Å². The number of amides is 1. The smallest absolute Gasteiger partial charge is 0.329 e. The maximum atomic E-state index is 13.5. The Morgan fingerprint density at radius 1 is 0.941 bits per heavy atom. The molecule has 1 saturated heterocycles. The number of hydrogen-bond acceptors (Lipinski definition) is 10. The van der Waals surface area contributed by atoms with Crippen molar-refractivity contribution in [3.8, 4) is 17.1 Å². The minimum absolute atomic E-state index is 0.162. The van der Waals surface area contributed by atoms with Crippen LogP contribution in [0.2, 0.25) is 0 Å². The molecule has 0 bridgehead atoms. The molecule has 13 heteroatoms. The molecule has 2 aromatic carbocycles. The summed E-state index contributed by atoms with van der Waals surface area (Å²) < 4.78 is 16.6. The number of anilines is 1. The van der Waals surface area contributed by atoms with Gasteiger partial charge in [-0.25, -0.2) is 9.78 Å². The largest absolute Gasteiger partial charge is 0.494 e. The number of carboxylic acids is 1. The molecule has 13 nitrogen and oxygen atoms in total. The van der Waals surface area contributed by atoms with Crippen LogP contribution < -0.4 is 15.4 Å². The van der Waals surface area contributed by atoms with E-state index in [9.17, 15) is 9.59 Å². The Hall–Kier alpha value is -4.85. The number of aromatic nitrogens is 4. The number of hydrogen-bond donors (Lipinski definition) is 4. The van der Waals surface area contributed by atoms with Crippen molar-refractivity contribution >= 4 is 17.6 Å². The fourth-order valence-corrected chi connectivity index (χ4v) is 5.98. The first-order valence-electron chi connectivity index (χ1n) is 17.6. The van der Waals surface area contributed by atoms with Gasteiger partial charge in [0.05, 0.1) is 18.2 Å². The topological polar surface area (TPSA) is 164 Å². The van der Waals surface area contributed by atoms with Crippen molar-refractivity contribution in [2.45, 2.75) is 57.0 Å². The van der Waals surface area contributed by atoms with Gasteiger partial charge in [0.25, 0.3) is 5.91 Å². The number of unbranched alkanes of at least 4 members (excludes halogenated alkanes) is 2. The predicted molar refractivity (Wildman–Crippen MR) is 194 cm³/mol. The molecule has 5 rings (SSSR count). The fourth-order valence-electron chi connectivity index (χ4n) is 5.98. The van der Waals surface area contributed by atoms with Gasteiger partial charge in [0.1, 0.15) is 12.4 Å². The second-order valence-corrected chi connectivity index (χ2v) is 12.9. The van der Waals surface area contributed by atoms with Crippen LogP contribution in [0.15, 0.2) is 73.1 Å². The molecule has 272 valence electrons. The third-order valence-corrected chi connectivity index (χ3v) is 8.94. The Morgan fingerprint density at radius 2 is 1.69 bits per heavy atom. The lowest BCUT2D eigenvalue weighted by Crippen LogP contribution is -2.46. The number of pyridine rings is 1. The van der Waals surface area contributed by atoms with Gasteiger partial charge in [0.2, 0.25) is 0 Å². The van der Waals surface area contributed by atoms with Crippen LogP contribution in [0.1, 0.15) is 73.2 Å². The number of aliphatic carboxylic acids is 1. The summed E-state index contributed by atoms with van der Waals surface area (Å²) in [6, 6.07) is 19.0. The number of rotatable bonds is 20. The van der Waals surface area contributed by atoms with Crippen LogP contribution in [0.5, 0.6) is 5.75 Å². The van der Waals surface area contributed by atoms with Gasteiger partial charge in [0, 0.05) is 62.1 Å². The lowest BCUT2D eigenvalue weighted by molar-refractivity contribution is -0.142. The molecule has 0 saturated carbocycles. The number of piperidine rings is 1. The number of nitrogens with zero attached hydrogens (tertiary/aromatic N) is 4. The van der Waals surface area contributed by atoms with Crippen molar-refractivity contribution in [1.29, 1.82) is 0 Å². The Kier molecular flexibility index (Phi) is 13.9. The first-order chi connectivity index (χ1) is 24.8. The summed E-state index contributed by atoms with van der Waals surface area (Å²) in [6.45, 7) is 5.65. The van der Waals surface area contributed by atoms with Crippen molar-refractivity contribution in [3.63, 3.8) is 0 Å². The second-order valence-electron chi connectivity index (χ2n) is 12.9. The number of likely N-dealkylation sites (tertiary alicyclic amines) is 1. The summed E-state index contributed by atoms with van der Waals surface area (Å²) in [5.41, 5.74) is 2.79. The summed E-state index contributed by atoms with van der Waals surface area (Å²) in [5, 5.41) is 23.2. The predicted octanol–water partition coefficient (Wildman–Crippen LogP) is 5.45. The van der Waals surface area contributed by atoms with Crippen LogP contribution in [0, 0.1) is 0 Å². The molecule has 51 heavy (non-hydrogen) atoms. The van der Waals surface area contributed by atoms with Gasteiger partial charge in [-0.05, 0) is 101 Å². The minimum Gasteiger partial charge on any atom is -0.494 e. The van der Waals surface area contributed by atoms with E-state index in [-0.39, 0.29) is 18.6 Å². The number of carbonyl (C=O) groups excluding carboxylic acids is 1. The second kappa shape index (κ2) is 18.9. The van der Waals surface area contributed by atoms with Crippen LogP contribution in [0.3, 0.4) is 0 Å². The maximum absolute atomic E-state index is 13.5. The summed E-state index contributed by atoms with van der Waals surface area (Å²) in [6.07, 6.45) is 8.57. The lowest BCUT2D eigenvalue weighted by Gasteiger charge is -2.40. The molecule has 4 aromatic rings. The Bertz CT molecular complexity index is 1680. The van der Waals surface area contributed by atoms with Crippen LogP contribution in [-0.4, -0.2) is 95.2 Å². The zero-order chi connectivity index (χ0) is 35.9. The van der Waals surface area contributed by atoms with Gasteiger partial charge in [0.15, 0.2) is 11.6 Å². The molecule has 1 aliphatic rings. The quantitative estimate of drug-likeness (QED) is 0.0868. The van der Waals surface area contributed by atoms with Crippen molar-refractivity contribution in [3.05, 3.63) is 90.0 Å². The van der Waals surface area contributed by atoms with E-state index in [1.807, 2.05) is 67.6 Å². The maximum Gasteiger partial charge on any atom is 0.329 e. The SMILES string of the molecule is C[C@@H](NC(=O)c1cccc(NC2(c3nc(-c4ccncc4)n[nH]3)CCN(C)CC2)c1)c1cccc(OCCCCCOCCCOCC(=O)O)c1. The zero-order valence-corrected chi connectivity index (χ0v) is 29.5. The van der Waals surface area contributed by atoms with Gasteiger partial charge in [-0.3, -0.25) is 14.9 Å². The van der Waals surface area contributed by atoms with Crippen LogP contribution in [0.4, 0.5) is 5.69 Å². The van der Waals surface area contributed by atoms with E-state index in [2.05, 4.69) is 37.8 Å². The lowest BCUT2D eigenvalue weighted by atomic mass is 9.86. The Labute approximate surface area is 299 Å². The highest BCUT2D eigenvalue weighted by atomic mass is 16.5. The minimum atomic E-state index is -0.962. The van der Waals surface area contributed by atoms with E-state index < -0.39 is 11.5 Å². The molecule has 0 aliphatic carbocycles. The van der Waals surface area contributed by atoms with E-state index in [1.165, 1.54) is 0 Å². The van der Waals surface area contributed by atoms with Gasteiger partial charge >= 0.3 is 5.97 Å². The highest BCUT2D eigenvalue weighted by Gasteiger charge is 2.39. The molecule has 2 aromatic heterocycles. The van der Waals surface area contributed by atoms with Gasteiger partial charge < -0.3 is 34.9 Å². The molecule has 0 spiro atoms. The van der Waals surface area contributed by atoms with Crippen molar-refractivity contribution in [2.75, 3.05) is 58.5 Å². The van der Waals surface area contributed by atoms with Gasteiger partial charge in [-0.15, -0.1) is 0 Å². The van der Waals surface area contributed by atoms with Gasteiger partial charge in [-0.2, -0.15) is 5.10 Å². The van der Waals surface area contributed by atoms with E-state index >= 15 is 0 Å². The molecule has 1 amide bonds. The Morgan fingerprint density at radius 3 is 2.49 bits per heavy atom. The number of carbonyl (C=O) groups is 2. The van der Waals surface area contributed by atoms with Crippen molar-refractivity contribution in [1.82, 2.24) is 30.4 Å². The average molecular weight is 700 g/mol. The normalized spacial score (nSPS) is 14.9. The molecular weight excluding hydrogens is 650 g/mol. The third kappa shape index (κ3) is 11.3. The van der Waals surface area contributed by atoms with E-state index in [4.69, 9.17) is 24.3 Å². The molecule has 1 atom stereocenters. The van der Waals surface area contributed by atoms with Crippen LogP contribution in [-0.2, 0) is 19.8 Å². The number of benzene rings is 2. The number of aromatic amines is 1. The average Bonchev–Trinajstić information content (AvgIpc) is 3.65. The molecule has 1 aliphatic heterocycles. The molecule has 3 heterocycles. The van der Waals surface area contributed by atoms with E-state index in [1.54, 1.807) is 12.4 Å². The van der Waals surface area contributed by atoms with Gasteiger partial charge in [-0.1, -0.05) is 18.2 Å². The standard InChI is InChI=1S/C38H49N7O6/c1-28(30-9-7-12-33(26-30)51-24-5-3-4-21-49-22-8-23-50-27-34(46)47)40-36(48)31-10-6-11-32(25-31)42-38(15-19-45(2)20-16-38)37-41-35(43-44-37)29-13-17-39-18-14-29/h6-7,9-14,17-18,25-26,28,42H,3-5,8,15-16,19-24,27H2,1-2H3,(H,40,48)(H,46,47)(H,41,43,44)/t28-/m1/s1. The summed E-state index contributed by atoms with van der Waals surface area (Å²) in [5.74, 6) is 1.04.